The van der Waals surface area contributed by atoms with Crippen LogP contribution in [0, 0.1) is 26.6 Å². The smallest absolute Gasteiger partial charge is 0.337 e. The Bertz CT molecular complexity index is 1260. The predicted molar refractivity (Wildman–Crippen MR) is 131 cm³/mol. The number of benzene rings is 3. The molecule has 3 aromatic rings. The fourth-order valence-corrected chi connectivity index (χ4v) is 4.42. The predicted octanol–water partition coefficient (Wildman–Crippen LogP) is 6.99. The highest BCUT2D eigenvalue weighted by Crippen LogP contribution is 2.48. The summed E-state index contributed by atoms with van der Waals surface area (Å²) >= 11 is 0. The SMILES string of the molecule is Cc1ccc(-c2c(C)c3c(c(C)c2[C@H](OC(C)(C)C)C(=O)O)Nc2ccc(F)cc2CO3)cc1. The molecule has 1 aliphatic heterocycles. The fraction of sp³-hybridized carbons (Fsp3) is 0.321. The largest absolute Gasteiger partial charge is 0.486 e. The Balaban J connectivity index is 2.02. The number of rotatable bonds is 4. The summed E-state index contributed by atoms with van der Waals surface area (Å²) in [6.45, 7) is 11.5. The number of halogens is 1. The summed E-state index contributed by atoms with van der Waals surface area (Å²) in [6, 6.07) is 12.5. The molecule has 6 heteroatoms. The van der Waals surface area contributed by atoms with E-state index in [1.54, 1.807) is 6.07 Å². The molecule has 3 aromatic carbocycles. The molecule has 0 aromatic heterocycles. The molecule has 0 aliphatic carbocycles. The van der Waals surface area contributed by atoms with Gasteiger partial charge in [0, 0.05) is 22.4 Å². The summed E-state index contributed by atoms with van der Waals surface area (Å²) in [5, 5.41) is 13.6. The zero-order chi connectivity index (χ0) is 24.8. The number of carboxylic acid groups (broad SMARTS) is 1. The monoisotopic (exact) mass is 463 g/mol. The van der Waals surface area contributed by atoms with Gasteiger partial charge in [-0.1, -0.05) is 29.8 Å². The van der Waals surface area contributed by atoms with Crippen molar-refractivity contribution < 1.29 is 23.8 Å². The molecule has 0 spiro atoms. The van der Waals surface area contributed by atoms with Crippen molar-refractivity contribution in [1.29, 1.82) is 0 Å². The summed E-state index contributed by atoms with van der Waals surface area (Å²) in [7, 11) is 0. The highest BCUT2D eigenvalue weighted by atomic mass is 19.1. The maximum atomic E-state index is 13.9. The minimum absolute atomic E-state index is 0.195. The average Bonchev–Trinajstić information content (AvgIpc) is 2.94. The van der Waals surface area contributed by atoms with Crippen molar-refractivity contribution in [2.45, 2.75) is 59.9 Å². The van der Waals surface area contributed by atoms with Gasteiger partial charge in [-0.15, -0.1) is 0 Å². The molecular formula is C28H30FNO4. The first-order valence-corrected chi connectivity index (χ1v) is 11.3. The topological polar surface area (TPSA) is 67.8 Å². The van der Waals surface area contributed by atoms with Gasteiger partial charge in [0.2, 0.25) is 0 Å². The first-order valence-electron chi connectivity index (χ1n) is 11.3. The second-order valence-electron chi connectivity index (χ2n) is 9.77. The van der Waals surface area contributed by atoms with E-state index in [9.17, 15) is 14.3 Å². The molecule has 178 valence electrons. The quantitative estimate of drug-likeness (QED) is 0.436. The Hall–Kier alpha value is -3.38. The van der Waals surface area contributed by atoms with Gasteiger partial charge >= 0.3 is 5.97 Å². The van der Waals surface area contributed by atoms with Gasteiger partial charge in [-0.25, -0.2) is 9.18 Å². The third kappa shape index (κ3) is 4.50. The van der Waals surface area contributed by atoms with Crippen LogP contribution < -0.4 is 10.1 Å². The first-order chi connectivity index (χ1) is 16.0. The number of hydrogen-bond donors (Lipinski definition) is 2. The molecule has 0 radical (unpaired) electrons. The number of carbonyl (C=O) groups is 1. The van der Waals surface area contributed by atoms with Crippen LogP contribution in [-0.4, -0.2) is 16.7 Å². The molecule has 0 unspecified atom stereocenters. The van der Waals surface area contributed by atoms with Gasteiger partial charge in [0.1, 0.15) is 18.2 Å². The van der Waals surface area contributed by atoms with Crippen molar-refractivity contribution in [3.63, 3.8) is 0 Å². The van der Waals surface area contributed by atoms with Gasteiger partial charge < -0.3 is 19.9 Å². The van der Waals surface area contributed by atoms with Crippen LogP contribution in [0.3, 0.4) is 0 Å². The highest BCUT2D eigenvalue weighted by Gasteiger charge is 2.34. The summed E-state index contributed by atoms with van der Waals surface area (Å²) in [5.41, 5.74) is 6.22. The average molecular weight is 464 g/mol. The molecule has 0 saturated heterocycles. The lowest BCUT2D eigenvalue weighted by Gasteiger charge is -2.30. The van der Waals surface area contributed by atoms with Crippen LogP contribution in [0.15, 0.2) is 42.5 Å². The number of anilines is 2. The van der Waals surface area contributed by atoms with E-state index in [0.717, 1.165) is 27.9 Å². The lowest BCUT2D eigenvalue weighted by atomic mass is 9.86. The molecule has 1 aliphatic rings. The van der Waals surface area contributed by atoms with Crippen molar-refractivity contribution in [2.24, 2.45) is 0 Å². The van der Waals surface area contributed by atoms with E-state index in [2.05, 4.69) is 5.32 Å². The molecule has 4 rings (SSSR count). The van der Waals surface area contributed by atoms with Crippen molar-refractivity contribution in [3.8, 4) is 16.9 Å². The van der Waals surface area contributed by atoms with E-state index in [1.807, 2.05) is 65.8 Å². The number of hydrogen-bond acceptors (Lipinski definition) is 4. The second-order valence-corrected chi connectivity index (χ2v) is 9.77. The zero-order valence-electron chi connectivity index (χ0n) is 20.4. The number of fused-ring (bicyclic) bond motifs is 2. The highest BCUT2D eigenvalue weighted by molar-refractivity contribution is 5.89. The Morgan fingerprint density at radius 1 is 1.09 bits per heavy atom. The molecule has 34 heavy (non-hydrogen) atoms. The Morgan fingerprint density at radius 2 is 1.76 bits per heavy atom. The molecule has 5 nitrogen and oxygen atoms in total. The minimum atomic E-state index is -1.20. The lowest BCUT2D eigenvalue weighted by molar-refractivity contribution is -0.160. The third-order valence-corrected chi connectivity index (χ3v) is 5.99. The van der Waals surface area contributed by atoms with Crippen molar-refractivity contribution in [2.75, 3.05) is 5.32 Å². The van der Waals surface area contributed by atoms with E-state index in [0.29, 0.717) is 28.1 Å². The van der Waals surface area contributed by atoms with Gasteiger partial charge in [-0.2, -0.15) is 0 Å². The molecule has 1 atom stereocenters. The Labute approximate surface area is 199 Å². The summed E-state index contributed by atoms with van der Waals surface area (Å²) < 4.78 is 26.2. The standard InChI is InChI=1S/C28H30FNO4/c1-15-7-9-18(10-8-15)22-17(3)25-24(30-21-12-11-20(29)13-19(21)14-33-25)16(2)23(22)26(27(31)32)34-28(4,5)6/h7-13,26,30H,14H2,1-6H3,(H,31,32)/t26-/m0/s1. The molecule has 0 amide bonds. The van der Waals surface area contributed by atoms with Crippen LogP contribution in [0.2, 0.25) is 0 Å². The number of aliphatic carboxylic acids is 1. The lowest BCUT2D eigenvalue weighted by Crippen LogP contribution is -2.28. The van der Waals surface area contributed by atoms with Crippen LogP contribution >= 0.6 is 0 Å². The molecule has 0 bridgehead atoms. The summed E-state index contributed by atoms with van der Waals surface area (Å²) in [6.07, 6.45) is -1.20. The first kappa shape index (κ1) is 23.8. The van der Waals surface area contributed by atoms with Crippen LogP contribution in [0.4, 0.5) is 15.8 Å². The van der Waals surface area contributed by atoms with Crippen molar-refractivity contribution >= 4 is 17.3 Å². The summed E-state index contributed by atoms with van der Waals surface area (Å²) in [4.78, 5) is 12.5. The molecule has 0 saturated carbocycles. The van der Waals surface area contributed by atoms with E-state index in [-0.39, 0.29) is 12.4 Å². The van der Waals surface area contributed by atoms with E-state index in [4.69, 9.17) is 9.47 Å². The molecular weight excluding hydrogens is 433 g/mol. The van der Waals surface area contributed by atoms with Gasteiger partial charge in [0.05, 0.1) is 11.3 Å². The van der Waals surface area contributed by atoms with Crippen molar-refractivity contribution in [1.82, 2.24) is 0 Å². The van der Waals surface area contributed by atoms with Crippen LogP contribution in [0.25, 0.3) is 11.1 Å². The minimum Gasteiger partial charge on any atom is -0.486 e. The summed E-state index contributed by atoms with van der Waals surface area (Å²) in [5.74, 6) is -0.787. The van der Waals surface area contributed by atoms with E-state index < -0.39 is 17.7 Å². The molecule has 1 heterocycles. The van der Waals surface area contributed by atoms with E-state index >= 15 is 0 Å². The number of carboxylic acids is 1. The van der Waals surface area contributed by atoms with Crippen molar-refractivity contribution in [3.05, 3.63) is 76.1 Å². The Morgan fingerprint density at radius 3 is 2.38 bits per heavy atom. The normalized spacial score (nSPS) is 13.7. The van der Waals surface area contributed by atoms with Gasteiger partial charge in [0.15, 0.2) is 6.10 Å². The maximum absolute atomic E-state index is 13.9. The van der Waals surface area contributed by atoms with Gasteiger partial charge in [-0.3, -0.25) is 0 Å². The molecule has 2 N–H and O–H groups in total. The number of nitrogens with one attached hydrogen (secondary N) is 1. The van der Waals surface area contributed by atoms with Gasteiger partial charge in [0.25, 0.3) is 0 Å². The Kier molecular flexibility index (Phi) is 6.13. The van der Waals surface area contributed by atoms with Crippen LogP contribution in [0.5, 0.6) is 5.75 Å². The number of ether oxygens (including phenoxy) is 2. The second kappa shape index (κ2) is 8.76. The zero-order valence-corrected chi connectivity index (χ0v) is 20.4. The van der Waals surface area contributed by atoms with Crippen LogP contribution in [0.1, 0.15) is 54.7 Å². The third-order valence-electron chi connectivity index (χ3n) is 5.99. The maximum Gasteiger partial charge on any atom is 0.337 e. The number of aryl methyl sites for hydroxylation is 1. The molecule has 0 fully saturated rings. The van der Waals surface area contributed by atoms with Gasteiger partial charge in [-0.05, 0) is 76.4 Å². The van der Waals surface area contributed by atoms with E-state index in [1.165, 1.54) is 12.1 Å². The fourth-order valence-electron chi connectivity index (χ4n) is 4.42. The van der Waals surface area contributed by atoms with Crippen LogP contribution in [-0.2, 0) is 16.1 Å².